The van der Waals surface area contributed by atoms with E-state index >= 15 is 0 Å². The number of nitrogens with one attached hydrogen (secondary N) is 1. The van der Waals surface area contributed by atoms with Gasteiger partial charge in [0.25, 0.3) is 5.91 Å². The third-order valence-corrected chi connectivity index (χ3v) is 4.51. The van der Waals surface area contributed by atoms with Gasteiger partial charge < -0.3 is 19.7 Å². The zero-order chi connectivity index (χ0) is 19.1. The molecule has 1 unspecified atom stereocenters. The van der Waals surface area contributed by atoms with E-state index in [0.717, 1.165) is 29.7 Å². The summed E-state index contributed by atoms with van der Waals surface area (Å²) in [5, 5.41) is 2.81. The Morgan fingerprint density at radius 2 is 2.12 bits per heavy atom. The van der Waals surface area contributed by atoms with Crippen LogP contribution in [0.15, 0.2) is 18.2 Å². The van der Waals surface area contributed by atoms with Crippen LogP contribution in [0.1, 0.15) is 50.7 Å². The fraction of sp³-hybridized carbons (Fsp3) is 0.600. The molecule has 6 heteroatoms. The zero-order valence-electron chi connectivity index (χ0n) is 16.2. The lowest BCUT2D eigenvalue weighted by Gasteiger charge is -2.33. The van der Waals surface area contributed by atoms with Crippen molar-refractivity contribution < 1.29 is 19.1 Å². The Bertz CT molecular complexity index is 630. The molecule has 0 radical (unpaired) electrons. The first-order valence-corrected chi connectivity index (χ1v) is 9.35. The normalized spacial score (nSPS) is 17.1. The van der Waals surface area contributed by atoms with Crippen LogP contribution in [-0.2, 0) is 9.53 Å². The van der Waals surface area contributed by atoms with Gasteiger partial charge in [0.2, 0.25) is 0 Å². The van der Waals surface area contributed by atoms with Gasteiger partial charge in [-0.3, -0.25) is 4.79 Å². The number of carbonyl (C=O) groups is 2. The molecule has 144 valence electrons. The minimum atomic E-state index is -0.426. The summed E-state index contributed by atoms with van der Waals surface area (Å²) in [7, 11) is 0. The van der Waals surface area contributed by atoms with Gasteiger partial charge in [-0.1, -0.05) is 26.0 Å². The summed E-state index contributed by atoms with van der Waals surface area (Å²) in [6.45, 7) is 9.52. The van der Waals surface area contributed by atoms with Crippen LogP contribution in [0, 0.1) is 6.92 Å². The summed E-state index contributed by atoms with van der Waals surface area (Å²) < 4.78 is 10.8. The number of nitrogens with zero attached hydrogens (tertiary/aromatic N) is 1. The smallest absolute Gasteiger partial charge is 0.407 e. The second-order valence-corrected chi connectivity index (χ2v) is 7.03. The number of piperidine rings is 1. The van der Waals surface area contributed by atoms with Crippen LogP contribution >= 0.6 is 0 Å². The van der Waals surface area contributed by atoms with E-state index in [4.69, 9.17) is 9.47 Å². The molecule has 2 amide bonds. The van der Waals surface area contributed by atoms with Crippen molar-refractivity contribution in [3.8, 4) is 5.75 Å². The second kappa shape index (κ2) is 9.46. The maximum Gasteiger partial charge on any atom is 0.407 e. The Labute approximate surface area is 155 Å². The summed E-state index contributed by atoms with van der Waals surface area (Å²) in [5.74, 6) is 1.04. The zero-order valence-corrected chi connectivity index (χ0v) is 16.2. The van der Waals surface area contributed by atoms with Gasteiger partial charge in [0.15, 0.2) is 6.61 Å². The van der Waals surface area contributed by atoms with Gasteiger partial charge in [-0.25, -0.2) is 4.79 Å². The number of aryl methyl sites for hydroxylation is 1. The number of likely N-dealkylation sites (tertiary alicyclic amines) is 1. The number of amides is 2. The Morgan fingerprint density at radius 3 is 2.81 bits per heavy atom. The number of ether oxygens (including phenoxy) is 2. The van der Waals surface area contributed by atoms with Crippen LogP contribution in [0.25, 0.3) is 0 Å². The molecule has 2 rings (SSSR count). The third kappa shape index (κ3) is 5.64. The minimum Gasteiger partial charge on any atom is -0.483 e. The molecule has 1 N–H and O–H groups in total. The first-order valence-electron chi connectivity index (χ1n) is 9.35. The highest BCUT2D eigenvalue weighted by molar-refractivity contribution is 5.78. The van der Waals surface area contributed by atoms with E-state index in [-0.39, 0.29) is 18.6 Å². The lowest BCUT2D eigenvalue weighted by molar-refractivity contribution is -0.134. The van der Waals surface area contributed by atoms with Gasteiger partial charge in [0.1, 0.15) is 5.75 Å². The Balaban J connectivity index is 1.91. The molecular weight excluding hydrogens is 332 g/mol. The molecule has 1 saturated heterocycles. The van der Waals surface area contributed by atoms with Gasteiger partial charge in [-0.05, 0) is 49.8 Å². The molecule has 0 aromatic heterocycles. The number of benzene rings is 1. The van der Waals surface area contributed by atoms with Gasteiger partial charge >= 0.3 is 6.09 Å². The lowest BCUT2D eigenvalue weighted by atomic mass is 10.0. The maximum absolute atomic E-state index is 12.6. The lowest BCUT2D eigenvalue weighted by Crippen LogP contribution is -2.50. The van der Waals surface area contributed by atoms with Crippen molar-refractivity contribution in [2.45, 2.75) is 52.5 Å². The topological polar surface area (TPSA) is 67.9 Å². The highest BCUT2D eigenvalue weighted by Crippen LogP contribution is 2.27. The highest BCUT2D eigenvalue weighted by Gasteiger charge is 2.25. The molecule has 1 fully saturated rings. The van der Waals surface area contributed by atoms with Crippen molar-refractivity contribution in [3.63, 3.8) is 0 Å². The molecule has 0 spiro atoms. The van der Waals surface area contributed by atoms with E-state index in [9.17, 15) is 9.59 Å². The van der Waals surface area contributed by atoms with Crippen LogP contribution < -0.4 is 10.1 Å². The minimum absolute atomic E-state index is 0.00923. The molecule has 1 aliphatic rings. The highest BCUT2D eigenvalue weighted by atomic mass is 16.5. The van der Waals surface area contributed by atoms with Gasteiger partial charge in [0.05, 0.1) is 6.61 Å². The first-order chi connectivity index (χ1) is 12.4. The summed E-state index contributed by atoms with van der Waals surface area (Å²) in [4.78, 5) is 25.9. The van der Waals surface area contributed by atoms with Crippen LogP contribution in [0.5, 0.6) is 5.75 Å². The Hall–Kier alpha value is -2.24. The predicted molar refractivity (Wildman–Crippen MR) is 101 cm³/mol. The number of carbonyl (C=O) groups excluding carboxylic acids is 2. The summed E-state index contributed by atoms with van der Waals surface area (Å²) in [6.07, 6.45) is 1.27. The third-order valence-electron chi connectivity index (χ3n) is 4.51. The van der Waals surface area contributed by atoms with Crippen molar-refractivity contribution in [1.82, 2.24) is 10.2 Å². The number of alkyl carbamates (subject to hydrolysis) is 1. The first kappa shape index (κ1) is 20.1. The fourth-order valence-electron chi connectivity index (χ4n) is 3.14. The molecule has 0 aliphatic carbocycles. The van der Waals surface area contributed by atoms with Crippen molar-refractivity contribution in [1.29, 1.82) is 0 Å². The van der Waals surface area contributed by atoms with Crippen LogP contribution in [-0.4, -0.2) is 49.2 Å². The Morgan fingerprint density at radius 1 is 1.35 bits per heavy atom. The van der Waals surface area contributed by atoms with Gasteiger partial charge in [-0.15, -0.1) is 0 Å². The molecule has 6 nitrogen and oxygen atoms in total. The monoisotopic (exact) mass is 362 g/mol. The number of hydrogen-bond acceptors (Lipinski definition) is 4. The SMILES string of the molecule is CCOC(=O)NC1CCCN(C(=O)COc2cc(C)ccc2C(C)C)C1. The molecule has 1 aromatic rings. The van der Waals surface area contributed by atoms with Crippen LogP contribution in [0.3, 0.4) is 0 Å². The van der Waals surface area contributed by atoms with Gasteiger partial charge in [0, 0.05) is 19.1 Å². The van der Waals surface area contributed by atoms with Crippen molar-refractivity contribution in [3.05, 3.63) is 29.3 Å². The number of rotatable bonds is 6. The summed E-state index contributed by atoms with van der Waals surface area (Å²) >= 11 is 0. The van der Waals surface area contributed by atoms with Crippen molar-refractivity contribution >= 4 is 12.0 Å². The van der Waals surface area contributed by atoms with Gasteiger partial charge in [-0.2, -0.15) is 0 Å². The van der Waals surface area contributed by atoms with E-state index in [0.29, 0.717) is 25.6 Å². The molecule has 1 heterocycles. The molecular formula is C20H30N2O4. The van der Waals surface area contributed by atoms with E-state index < -0.39 is 6.09 Å². The largest absolute Gasteiger partial charge is 0.483 e. The average Bonchev–Trinajstić information content (AvgIpc) is 2.59. The molecule has 26 heavy (non-hydrogen) atoms. The summed E-state index contributed by atoms with van der Waals surface area (Å²) in [6, 6.07) is 6.02. The van der Waals surface area contributed by atoms with E-state index in [1.54, 1.807) is 11.8 Å². The quantitative estimate of drug-likeness (QED) is 0.844. The summed E-state index contributed by atoms with van der Waals surface area (Å²) in [5.41, 5.74) is 2.21. The Kier molecular flexibility index (Phi) is 7.30. The standard InChI is InChI=1S/C20H30N2O4/c1-5-25-20(24)21-16-7-6-10-22(12-16)19(23)13-26-18-11-15(4)8-9-17(18)14(2)3/h8-9,11,14,16H,5-7,10,12-13H2,1-4H3,(H,21,24). The van der Waals surface area contributed by atoms with E-state index in [2.05, 4.69) is 31.3 Å². The molecule has 1 aromatic carbocycles. The van der Waals surface area contributed by atoms with Crippen LogP contribution in [0.4, 0.5) is 4.79 Å². The second-order valence-electron chi connectivity index (χ2n) is 7.03. The average molecular weight is 362 g/mol. The van der Waals surface area contributed by atoms with Crippen LogP contribution in [0.2, 0.25) is 0 Å². The van der Waals surface area contributed by atoms with E-state index in [1.165, 1.54) is 0 Å². The molecule has 0 bridgehead atoms. The molecule has 0 saturated carbocycles. The maximum atomic E-state index is 12.6. The van der Waals surface area contributed by atoms with Crippen molar-refractivity contribution in [2.24, 2.45) is 0 Å². The fourth-order valence-corrected chi connectivity index (χ4v) is 3.14. The van der Waals surface area contributed by atoms with Crippen molar-refractivity contribution in [2.75, 3.05) is 26.3 Å². The van der Waals surface area contributed by atoms with E-state index in [1.807, 2.05) is 13.0 Å². The number of hydrogen-bond donors (Lipinski definition) is 1. The predicted octanol–water partition coefficient (Wildman–Crippen LogP) is 3.23. The molecule has 1 aliphatic heterocycles. The molecule has 1 atom stereocenters.